The SMILES string of the molecule is CNC(=O)CCCc1cccc(Nc2ncc(F)c(Nc3cccc(O)c3)n2)c1. The lowest BCUT2D eigenvalue weighted by Crippen LogP contribution is -2.17. The zero-order chi connectivity index (χ0) is 20.6. The third-order valence-corrected chi connectivity index (χ3v) is 4.18. The number of aryl methyl sites for hydroxylation is 1. The number of halogens is 1. The summed E-state index contributed by atoms with van der Waals surface area (Å²) >= 11 is 0. The van der Waals surface area contributed by atoms with E-state index in [1.54, 1.807) is 19.2 Å². The van der Waals surface area contributed by atoms with Gasteiger partial charge in [0.05, 0.1) is 6.20 Å². The van der Waals surface area contributed by atoms with Crippen LogP contribution in [0.15, 0.2) is 54.7 Å². The van der Waals surface area contributed by atoms with E-state index < -0.39 is 5.82 Å². The van der Waals surface area contributed by atoms with Gasteiger partial charge >= 0.3 is 0 Å². The molecule has 8 heteroatoms. The van der Waals surface area contributed by atoms with Crippen LogP contribution in [0.3, 0.4) is 0 Å². The molecule has 1 aromatic heterocycles. The first-order valence-corrected chi connectivity index (χ1v) is 9.18. The zero-order valence-corrected chi connectivity index (χ0v) is 15.9. The standard InChI is InChI=1S/C21H22FN5O2/c1-23-19(29)10-3-6-14-5-2-7-15(11-14)26-21-24-13-18(22)20(27-21)25-16-8-4-9-17(28)12-16/h2,4-5,7-9,11-13,28H,3,6,10H2,1H3,(H,23,29)(H2,24,25,26,27). The Morgan fingerprint density at radius 2 is 1.86 bits per heavy atom. The van der Waals surface area contributed by atoms with Crippen LogP contribution in [0.4, 0.5) is 27.5 Å². The molecule has 0 unspecified atom stereocenters. The number of rotatable bonds is 8. The average Bonchev–Trinajstić information content (AvgIpc) is 2.71. The molecule has 2 aromatic carbocycles. The Labute approximate surface area is 168 Å². The van der Waals surface area contributed by atoms with Crippen LogP contribution in [0.5, 0.6) is 5.75 Å². The number of benzene rings is 2. The van der Waals surface area contributed by atoms with Crippen molar-refractivity contribution in [2.45, 2.75) is 19.3 Å². The molecule has 1 heterocycles. The molecule has 0 bridgehead atoms. The van der Waals surface area contributed by atoms with E-state index in [4.69, 9.17) is 0 Å². The van der Waals surface area contributed by atoms with E-state index in [2.05, 4.69) is 25.9 Å². The highest BCUT2D eigenvalue weighted by atomic mass is 19.1. The Balaban J connectivity index is 1.68. The molecule has 150 valence electrons. The number of aromatic hydroxyl groups is 1. The molecular formula is C21H22FN5O2. The largest absolute Gasteiger partial charge is 0.508 e. The molecule has 0 saturated carbocycles. The number of hydrogen-bond donors (Lipinski definition) is 4. The van der Waals surface area contributed by atoms with E-state index in [0.717, 1.165) is 30.3 Å². The Morgan fingerprint density at radius 1 is 1.10 bits per heavy atom. The van der Waals surface area contributed by atoms with Crippen molar-refractivity contribution in [1.29, 1.82) is 0 Å². The van der Waals surface area contributed by atoms with Crippen LogP contribution in [0.25, 0.3) is 0 Å². The minimum absolute atomic E-state index is 0.00478. The summed E-state index contributed by atoms with van der Waals surface area (Å²) in [7, 11) is 1.62. The van der Waals surface area contributed by atoms with E-state index in [0.29, 0.717) is 12.1 Å². The molecule has 3 rings (SSSR count). The Morgan fingerprint density at radius 3 is 2.62 bits per heavy atom. The van der Waals surface area contributed by atoms with Gasteiger partial charge in [0.15, 0.2) is 11.6 Å². The number of phenolic OH excluding ortho intramolecular Hbond substituents is 1. The van der Waals surface area contributed by atoms with Crippen LogP contribution in [0.2, 0.25) is 0 Å². The molecule has 7 nitrogen and oxygen atoms in total. The number of anilines is 4. The molecule has 0 saturated heterocycles. The van der Waals surface area contributed by atoms with Crippen LogP contribution in [-0.4, -0.2) is 28.0 Å². The Kier molecular flexibility index (Phi) is 6.57. The van der Waals surface area contributed by atoms with Gasteiger partial charge in [0.2, 0.25) is 11.9 Å². The van der Waals surface area contributed by atoms with E-state index in [1.165, 1.54) is 12.1 Å². The van der Waals surface area contributed by atoms with Crippen molar-refractivity contribution in [3.63, 3.8) is 0 Å². The first kappa shape index (κ1) is 20.1. The summed E-state index contributed by atoms with van der Waals surface area (Å²) in [6.45, 7) is 0. The quantitative estimate of drug-likeness (QED) is 0.462. The summed E-state index contributed by atoms with van der Waals surface area (Å²) in [4.78, 5) is 19.5. The lowest BCUT2D eigenvalue weighted by Gasteiger charge is -2.10. The number of carbonyl (C=O) groups is 1. The predicted octanol–water partition coefficient (Wildman–Crippen LogP) is 3.88. The first-order valence-electron chi connectivity index (χ1n) is 9.18. The average molecular weight is 395 g/mol. The monoisotopic (exact) mass is 395 g/mol. The van der Waals surface area contributed by atoms with Gasteiger partial charge in [-0.1, -0.05) is 18.2 Å². The second-order valence-corrected chi connectivity index (χ2v) is 6.42. The zero-order valence-electron chi connectivity index (χ0n) is 15.9. The minimum atomic E-state index is -0.609. The van der Waals surface area contributed by atoms with Gasteiger partial charge in [0, 0.05) is 30.9 Å². The number of phenols is 1. The molecule has 3 aromatic rings. The number of carbonyl (C=O) groups excluding carboxylic acids is 1. The molecule has 0 aliphatic rings. The minimum Gasteiger partial charge on any atom is -0.508 e. The lowest BCUT2D eigenvalue weighted by atomic mass is 10.1. The maximum Gasteiger partial charge on any atom is 0.229 e. The molecule has 1 amide bonds. The highest BCUT2D eigenvalue weighted by molar-refractivity contribution is 5.75. The van der Waals surface area contributed by atoms with Crippen molar-refractivity contribution < 1.29 is 14.3 Å². The van der Waals surface area contributed by atoms with E-state index >= 15 is 0 Å². The summed E-state index contributed by atoms with van der Waals surface area (Å²) in [6.07, 6.45) is 3.05. The molecule has 4 N–H and O–H groups in total. The van der Waals surface area contributed by atoms with Crippen LogP contribution in [0.1, 0.15) is 18.4 Å². The smallest absolute Gasteiger partial charge is 0.229 e. The lowest BCUT2D eigenvalue weighted by molar-refractivity contribution is -0.120. The molecule has 0 aliphatic heterocycles. The van der Waals surface area contributed by atoms with Gasteiger partial charge < -0.3 is 21.1 Å². The van der Waals surface area contributed by atoms with Crippen molar-refractivity contribution >= 4 is 29.0 Å². The third kappa shape index (κ3) is 5.90. The van der Waals surface area contributed by atoms with Crippen molar-refractivity contribution in [2.75, 3.05) is 17.7 Å². The van der Waals surface area contributed by atoms with E-state index in [-0.39, 0.29) is 23.4 Å². The topological polar surface area (TPSA) is 99.2 Å². The summed E-state index contributed by atoms with van der Waals surface area (Å²) in [5, 5.41) is 18.0. The number of nitrogens with one attached hydrogen (secondary N) is 3. The molecule has 29 heavy (non-hydrogen) atoms. The van der Waals surface area contributed by atoms with Gasteiger partial charge in [-0.05, 0) is 42.7 Å². The molecular weight excluding hydrogens is 373 g/mol. The second-order valence-electron chi connectivity index (χ2n) is 6.42. The number of aromatic nitrogens is 2. The summed E-state index contributed by atoms with van der Waals surface area (Å²) < 4.78 is 14.1. The van der Waals surface area contributed by atoms with Gasteiger partial charge in [-0.3, -0.25) is 4.79 Å². The summed E-state index contributed by atoms with van der Waals surface area (Å²) in [6, 6.07) is 14.0. The third-order valence-electron chi connectivity index (χ3n) is 4.18. The summed E-state index contributed by atoms with van der Waals surface area (Å²) in [5.74, 6) is -0.296. The van der Waals surface area contributed by atoms with Crippen LogP contribution in [-0.2, 0) is 11.2 Å². The summed E-state index contributed by atoms with van der Waals surface area (Å²) in [5.41, 5.74) is 2.34. The molecule has 0 radical (unpaired) electrons. The van der Waals surface area contributed by atoms with E-state index in [1.807, 2.05) is 24.3 Å². The van der Waals surface area contributed by atoms with Gasteiger partial charge in [-0.25, -0.2) is 9.37 Å². The van der Waals surface area contributed by atoms with Crippen LogP contribution < -0.4 is 16.0 Å². The number of nitrogens with zero attached hydrogens (tertiary/aromatic N) is 2. The molecule has 0 spiro atoms. The van der Waals surface area contributed by atoms with Crippen molar-refractivity contribution in [2.24, 2.45) is 0 Å². The first-order chi connectivity index (χ1) is 14.0. The van der Waals surface area contributed by atoms with Gasteiger partial charge in [0.1, 0.15) is 5.75 Å². The maximum atomic E-state index is 14.1. The van der Waals surface area contributed by atoms with Crippen LogP contribution in [0, 0.1) is 5.82 Å². The van der Waals surface area contributed by atoms with E-state index in [9.17, 15) is 14.3 Å². The predicted molar refractivity (Wildman–Crippen MR) is 110 cm³/mol. The maximum absolute atomic E-state index is 14.1. The second kappa shape index (κ2) is 9.50. The van der Waals surface area contributed by atoms with Crippen LogP contribution >= 0.6 is 0 Å². The van der Waals surface area contributed by atoms with Crippen molar-refractivity contribution in [1.82, 2.24) is 15.3 Å². The Bertz CT molecular complexity index is 996. The normalized spacial score (nSPS) is 10.4. The fourth-order valence-electron chi connectivity index (χ4n) is 2.75. The molecule has 0 atom stereocenters. The fraction of sp³-hybridized carbons (Fsp3) is 0.190. The van der Waals surface area contributed by atoms with Gasteiger partial charge in [-0.2, -0.15) is 4.98 Å². The molecule has 0 aliphatic carbocycles. The van der Waals surface area contributed by atoms with Crippen molar-refractivity contribution in [3.05, 3.63) is 66.1 Å². The Hall–Kier alpha value is -3.68. The number of amides is 1. The highest BCUT2D eigenvalue weighted by Gasteiger charge is 2.09. The van der Waals surface area contributed by atoms with Gasteiger partial charge in [0.25, 0.3) is 0 Å². The van der Waals surface area contributed by atoms with Gasteiger partial charge in [-0.15, -0.1) is 0 Å². The number of hydrogen-bond acceptors (Lipinski definition) is 6. The van der Waals surface area contributed by atoms with Crippen molar-refractivity contribution in [3.8, 4) is 5.75 Å². The highest BCUT2D eigenvalue weighted by Crippen LogP contribution is 2.23. The fourth-order valence-corrected chi connectivity index (χ4v) is 2.75. The molecule has 0 fully saturated rings.